The van der Waals surface area contributed by atoms with Crippen molar-refractivity contribution in [1.82, 2.24) is 10.3 Å². The molecule has 1 fully saturated rings. The van der Waals surface area contributed by atoms with Crippen LogP contribution in [0, 0.1) is 0 Å². The first-order valence-electron chi connectivity index (χ1n) is 7.80. The summed E-state index contributed by atoms with van der Waals surface area (Å²) in [4.78, 5) is 16.1. The standard InChI is InChI=1S/C17H19ClN2O3/c18-14-6-2-1-5-13(14)15-11-20-17(23-15)8-7-16(21)19-10-12-4-3-9-22-12/h1-2,5-6,11-12H,3-4,7-10H2,(H,19,21)/t12-/m0/s1. The van der Waals surface area contributed by atoms with E-state index in [4.69, 9.17) is 20.8 Å². The molecule has 23 heavy (non-hydrogen) atoms. The fraction of sp³-hybridized carbons (Fsp3) is 0.412. The number of ether oxygens (including phenoxy) is 1. The van der Waals surface area contributed by atoms with Gasteiger partial charge in [0.1, 0.15) is 0 Å². The van der Waals surface area contributed by atoms with Gasteiger partial charge in [-0.05, 0) is 25.0 Å². The fourth-order valence-corrected chi connectivity index (χ4v) is 2.78. The Kier molecular flexibility index (Phi) is 5.31. The van der Waals surface area contributed by atoms with Gasteiger partial charge in [-0.25, -0.2) is 4.98 Å². The molecular formula is C17H19ClN2O3. The second-order valence-electron chi connectivity index (χ2n) is 5.54. The quantitative estimate of drug-likeness (QED) is 0.881. The third kappa shape index (κ3) is 4.33. The summed E-state index contributed by atoms with van der Waals surface area (Å²) in [6, 6.07) is 7.43. The van der Waals surface area contributed by atoms with Gasteiger partial charge in [0.25, 0.3) is 0 Å². The van der Waals surface area contributed by atoms with Crippen LogP contribution in [0.3, 0.4) is 0 Å². The minimum absolute atomic E-state index is 0.0157. The van der Waals surface area contributed by atoms with Crippen LogP contribution in [0.5, 0.6) is 0 Å². The molecule has 0 saturated carbocycles. The first kappa shape index (κ1) is 16.0. The second kappa shape index (κ2) is 7.62. The molecule has 1 aliphatic heterocycles. The lowest BCUT2D eigenvalue weighted by Crippen LogP contribution is -2.31. The molecule has 6 heteroatoms. The molecule has 0 aliphatic carbocycles. The highest BCUT2D eigenvalue weighted by Crippen LogP contribution is 2.28. The zero-order valence-corrected chi connectivity index (χ0v) is 13.5. The first-order valence-corrected chi connectivity index (χ1v) is 8.18. The van der Waals surface area contributed by atoms with Crippen molar-refractivity contribution < 1.29 is 13.9 Å². The van der Waals surface area contributed by atoms with Crippen LogP contribution < -0.4 is 5.32 Å². The van der Waals surface area contributed by atoms with E-state index >= 15 is 0 Å². The Balaban J connectivity index is 1.49. The van der Waals surface area contributed by atoms with E-state index in [1.165, 1.54) is 0 Å². The number of oxazole rings is 1. The summed E-state index contributed by atoms with van der Waals surface area (Å²) >= 11 is 6.14. The zero-order valence-electron chi connectivity index (χ0n) is 12.8. The number of rotatable bonds is 6. The van der Waals surface area contributed by atoms with Crippen molar-refractivity contribution in [2.75, 3.05) is 13.2 Å². The minimum atomic E-state index is -0.0157. The van der Waals surface area contributed by atoms with Gasteiger partial charge in [0.15, 0.2) is 11.7 Å². The SMILES string of the molecule is O=C(CCc1ncc(-c2ccccc2Cl)o1)NC[C@@H]1CCCO1. The van der Waals surface area contributed by atoms with Crippen molar-refractivity contribution in [2.45, 2.75) is 31.8 Å². The van der Waals surface area contributed by atoms with Gasteiger partial charge >= 0.3 is 0 Å². The van der Waals surface area contributed by atoms with Crippen molar-refractivity contribution in [1.29, 1.82) is 0 Å². The maximum atomic E-state index is 11.8. The number of hydrogen-bond donors (Lipinski definition) is 1. The van der Waals surface area contributed by atoms with E-state index in [0.29, 0.717) is 36.1 Å². The number of halogens is 1. The Morgan fingerprint density at radius 2 is 2.26 bits per heavy atom. The smallest absolute Gasteiger partial charge is 0.220 e. The molecule has 2 aromatic rings. The Bertz CT molecular complexity index is 665. The van der Waals surface area contributed by atoms with E-state index in [1.54, 1.807) is 12.3 Å². The van der Waals surface area contributed by atoms with Crippen molar-refractivity contribution >= 4 is 17.5 Å². The largest absolute Gasteiger partial charge is 0.441 e. The molecule has 3 rings (SSSR count). The fourth-order valence-electron chi connectivity index (χ4n) is 2.55. The van der Waals surface area contributed by atoms with Crippen molar-refractivity contribution in [2.24, 2.45) is 0 Å². The number of amides is 1. The number of aromatic nitrogens is 1. The summed E-state index contributed by atoms with van der Waals surface area (Å²) in [7, 11) is 0. The van der Waals surface area contributed by atoms with Crippen LogP contribution >= 0.6 is 11.6 Å². The topological polar surface area (TPSA) is 64.4 Å². The number of aryl methyl sites for hydroxylation is 1. The molecule has 0 bridgehead atoms. The van der Waals surface area contributed by atoms with Gasteiger partial charge in [-0.15, -0.1) is 0 Å². The van der Waals surface area contributed by atoms with Crippen LogP contribution in [0.25, 0.3) is 11.3 Å². The van der Waals surface area contributed by atoms with Gasteiger partial charge < -0.3 is 14.5 Å². The van der Waals surface area contributed by atoms with E-state index in [9.17, 15) is 4.79 Å². The second-order valence-corrected chi connectivity index (χ2v) is 5.94. The Labute approximate surface area is 140 Å². The number of nitrogens with one attached hydrogen (secondary N) is 1. The lowest BCUT2D eigenvalue weighted by Gasteiger charge is -2.10. The molecule has 1 aliphatic rings. The zero-order chi connectivity index (χ0) is 16.1. The molecule has 0 radical (unpaired) electrons. The summed E-state index contributed by atoms with van der Waals surface area (Å²) in [5, 5.41) is 3.50. The third-order valence-electron chi connectivity index (χ3n) is 3.81. The number of benzene rings is 1. The van der Waals surface area contributed by atoms with Crippen molar-refractivity contribution in [3.05, 3.63) is 41.4 Å². The lowest BCUT2D eigenvalue weighted by atomic mass is 10.2. The van der Waals surface area contributed by atoms with Crippen LogP contribution in [0.2, 0.25) is 5.02 Å². The van der Waals surface area contributed by atoms with Gasteiger partial charge in [0, 0.05) is 31.6 Å². The van der Waals surface area contributed by atoms with E-state index in [-0.39, 0.29) is 12.0 Å². The molecular weight excluding hydrogens is 316 g/mol. The van der Waals surface area contributed by atoms with Crippen molar-refractivity contribution in [3.8, 4) is 11.3 Å². The predicted octanol–water partition coefficient (Wildman–Crippen LogP) is 3.22. The Hall–Kier alpha value is -1.85. The van der Waals surface area contributed by atoms with Crippen molar-refractivity contribution in [3.63, 3.8) is 0 Å². The molecule has 1 saturated heterocycles. The van der Waals surface area contributed by atoms with Gasteiger partial charge in [-0.2, -0.15) is 0 Å². The maximum Gasteiger partial charge on any atom is 0.220 e. The highest BCUT2D eigenvalue weighted by molar-refractivity contribution is 6.33. The minimum Gasteiger partial charge on any atom is -0.441 e. The molecule has 0 spiro atoms. The summed E-state index contributed by atoms with van der Waals surface area (Å²) in [6.45, 7) is 1.37. The third-order valence-corrected chi connectivity index (χ3v) is 4.14. The van der Waals surface area contributed by atoms with Crippen LogP contribution in [0.15, 0.2) is 34.9 Å². The van der Waals surface area contributed by atoms with Gasteiger partial charge in [-0.3, -0.25) is 4.79 Å². The molecule has 1 N–H and O–H groups in total. The highest BCUT2D eigenvalue weighted by Gasteiger charge is 2.16. The Morgan fingerprint density at radius 3 is 3.04 bits per heavy atom. The lowest BCUT2D eigenvalue weighted by molar-refractivity contribution is -0.121. The number of nitrogens with zero attached hydrogens (tertiary/aromatic N) is 1. The normalized spacial score (nSPS) is 17.3. The van der Waals surface area contributed by atoms with Crippen LogP contribution in [-0.2, 0) is 16.0 Å². The maximum absolute atomic E-state index is 11.8. The summed E-state index contributed by atoms with van der Waals surface area (Å²) in [5.74, 6) is 1.13. The molecule has 1 atom stereocenters. The van der Waals surface area contributed by atoms with E-state index in [2.05, 4.69) is 10.3 Å². The molecule has 5 nitrogen and oxygen atoms in total. The molecule has 122 valence electrons. The average Bonchev–Trinajstić information content (AvgIpc) is 3.23. The predicted molar refractivity (Wildman–Crippen MR) is 87.3 cm³/mol. The van der Waals surface area contributed by atoms with E-state index < -0.39 is 0 Å². The molecule has 1 aromatic heterocycles. The van der Waals surface area contributed by atoms with Gasteiger partial charge in [0.05, 0.1) is 17.3 Å². The summed E-state index contributed by atoms with van der Waals surface area (Å²) in [5.41, 5.74) is 0.802. The highest BCUT2D eigenvalue weighted by atomic mass is 35.5. The Morgan fingerprint density at radius 1 is 1.39 bits per heavy atom. The van der Waals surface area contributed by atoms with Gasteiger partial charge in [-0.1, -0.05) is 23.7 Å². The number of hydrogen-bond acceptors (Lipinski definition) is 4. The molecule has 1 amide bonds. The first-order chi connectivity index (χ1) is 11.2. The van der Waals surface area contributed by atoms with Gasteiger partial charge in [0.2, 0.25) is 5.91 Å². The van der Waals surface area contributed by atoms with Crippen LogP contribution in [0.4, 0.5) is 0 Å². The summed E-state index contributed by atoms with van der Waals surface area (Å²) < 4.78 is 11.2. The van der Waals surface area contributed by atoms with Crippen LogP contribution in [0.1, 0.15) is 25.2 Å². The van der Waals surface area contributed by atoms with Crippen LogP contribution in [-0.4, -0.2) is 30.1 Å². The number of carbonyl (C=O) groups is 1. The van der Waals surface area contributed by atoms with E-state index in [1.807, 2.05) is 18.2 Å². The monoisotopic (exact) mass is 334 g/mol. The molecule has 0 unspecified atom stereocenters. The molecule has 2 heterocycles. The molecule has 1 aromatic carbocycles. The summed E-state index contributed by atoms with van der Waals surface area (Å²) in [6.07, 6.45) is 4.69. The average molecular weight is 335 g/mol. The van der Waals surface area contributed by atoms with E-state index in [0.717, 1.165) is 25.0 Å². The number of carbonyl (C=O) groups excluding carboxylic acids is 1.